The van der Waals surface area contributed by atoms with Gasteiger partial charge in [0.15, 0.2) is 0 Å². The summed E-state index contributed by atoms with van der Waals surface area (Å²) in [6.45, 7) is 5.08. The molecule has 1 aliphatic heterocycles. The Bertz CT molecular complexity index is 371. The third-order valence-corrected chi connectivity index (χ3v) is 3.47. The molecule has 0 bridgehead atoms. The van der Waals surface area contributed by atoms with E-state index in [1.54, 1.807) is 0 Å². The lowest BCUT2D eigenvalue weighted by molar-refractivity contribution is -0.151. The molecule has 0 saturated carbocycles. The highest BCUT2D eigenvalue weighted by atomic mass is 16.4. The highest BCUT2D eigenvalue weighted by molar-refractivity contribution is 5.78. The van der Waals surface area contributed by atoms with E-state index >= 15 is 0 Å². The summed E-state index contributed by atoms with van der Waals surface area (Å²) in [5.41, 5.74) is 0.140. The molecule has 1 atom stereocenters. The fourth-order valence-corrected chi connectivity index (χ4v) is 2.33. The van der Waals surface area contributed by atoms with Gasteiger partial charge in [0.2, 0.25) is 0 Å². The maximum absolute atomic E-state index is 11.6. The minimum Gasteiger partial charge on any atom is -0.480 e. The maximum atomic E-state index is 11.6. The molecule has 2 heterocycles. The van der Waals surface area contributed by atoms with Gasteiger partial charge in [0.05, 0.1) is 0 Å². The Hall–Kier alpha value is -1.33. The standard InChI is InChI=1S/C12H19N3O2/c1-12(11(16)17,9-10-3-2-4-14-10)15-7-5-13-6-8-15/h2-4,13-14H,5-9H2,1H3,(H,16,17). The SMILES string of the molecule is CC(Cc1ccc[nH]1)(C(=O)O)N1CCNCC1. The van der Waals surface area contributed by atoms with Gasteiger partial charge in [-0.15, -0.1) is 0 Å². The van der Waals surface area contributed by atoms with Gasteiger partial charge in [0, 0.05) is 44.5 Å². The van der Waals surface area contributed by atoms with Crippen molar-refractivity contribution in [2.75, 3.05) is 26.2 Å². The van der Waals surface area contributed by atoms with Gasteiger partial charge in [-0.2, -0.15) is 0 Å². The van der Waals surface area contributed by atoms with Crippen LogP contribution >= 0.6 is 0 Å². The average molecular weight is 237 g/mol. The first-order chi connectivity index (χ1) is 8.13. The number of nitrogens with one attached hydrogen (secondary N) is 2. The third-order valence-electron chi connectivity index (χ3n) is 3.47. The first-order valence-electron chi connectivity index (χ1n) is 5.94. The van der Waals surface area contributed by atoms with Crippen molar-refractivity contribution < 1.29 is 9.90 Å². The molecule has 1 aromatic heterocycles. The summed E-state index contributed by atoms with van der Waals surface area (Å²) in [6.07, 6.45) is 2.34. The van der Waals surface area contributed by atoms with Crippen molar-refractivity contribution in [2.45, 2.75) is 18.9 Å². The molecule has 94 valence electrons. The van der Waals surface area contributed by atoms with Gasteiger partial charge in [-0.3, -0.25) is 9.69 Å². The van der Waals surface area contributed by atoms with Crippen molar-refractivity contribution in [3.8, 4) is 0 Å². The number of aliphatic carboxylic acids is 1. The molecular weight excluding hydrogens is 218 g/mol. The summed E-state index contributed by atoms with van der Waals surface area (Å²) < 4.78 is 0. The van der Waals surface area contributed by atoms with Crippen LogP contribution in [0.3, 0.4) is 0 Å². The first kappa shape index (κ1) is 12.1. The molecule has 0 radical (unpaired) electrons. The number of carboxylic acid groups (broad SMARTS) is 1. The Kier molecular flexibility index (Phi) is 3.49. The van der Waals surface area contributed by atoms with Gasteiger partial charge >= 0.3 is 5.97 Å². The Morgan fingerprint density at radius 1 is 1.53 bits per heavy atom. The van der Waals surface area contributed by atoms with Gasteiger partial charge < -0.3 is 15.4 Å². The fraction of sp³-hybridized carbons (Fsp3) is 0.583. The van der Waals surface area contributed by atoms with Crippen LogP contribution < -0.4 is 5.32 Å². The first-order valence-corrected chi connectivity index (χ1v) is 5.94. The zero-order valence-electron chi connectivity index (χ0n) is 10.1. The molecule has 5 nitrogen and oxygen atoms in total. The zero-order chi connectivity index (χ0) is 12.3. The second kappa shape index (κ2) is 4.89. The lowest BCUT2D eigenvalue weighted by Gasteiger charge is -2.40. The summed E-state index contributed by atoms with van der Waals surface area (Å²) >= 11 is 0. The van der Waals surface area contributed by atoms with Gasteiger partial charge in [-0.25, -0.2) is 0 Å². The minimum absolute atomic E-state index is 0.509. The van der Waals surface area contributed by atoms with E-state index < -0.39 is 11.5 Å². The lowest BCUT2D eigenvalue weighted by atomic mass is 9.93. The summed E-state index contributed by atoms with van der Waals surface area (Å²) in [5, 5.41) is 12.7. The molecule has 1 fully saturated rings. The van der Waals surface area contributed by atoms with E-state index in [0.29, 0.717) is 6.42 Å². The van der Waals surface area contributed by atoms with E-state index in [1.165, 1.54) is 0 Å². The quantitative estimate of drug-likeness (QED) is 0.705. The summed E-state index contributed by atoms with van der Waals surface area (Å²) in [6, 6.07) is 3.83. The molecule has 0 aliphatic carbocycles. The largest absolute Gasteiger partial charge is 0.480 e. The van der Waals surface area contributed by atoms with E-state index in [2.05, 4.69) is 10.3 Å². The summed E-state index contributed by atoms with van der Waals surface area (Å²) in [5.74, 6) is -0.756. The maximum Gasteiger partial charge on any atom is 0.324 e. The van der Waals surface area contributed by atoms with Crippen molar-refractivity contribution in [3.63, 3.8) is 0 Å². The number of piperazine rings is 1. The number of aromatic amines is 1. The van der Waals surface area contributed by atoms with Crippen molar-refractivity contribution in [1.29, 1.82) is 0 Å². The predicted octanol–water partition coefficient (Wildman–Crippen LogP) is 0.306. The molecular formula is C12H19N3O2. The molecule has 5 heteroatoms. The summed E-state index contributed by atoms with van der Waals surface area (Å²) in [4.78, 5) is 16.7. The predicted molar refractivity (Wildman–Crippen MR) is 65.0 cm³/mol. The number of nitrogens with zero attached hydrogens (tertiary/aromatic N) is 1. The zero-order valence-corrected chi connectivity index (χ0v) is 10.1. The van der Waals surface area contributed by atoms with Crippen molar-refractivity contribution >= 4 is 5.97 Å². The minimum atomic E-state index is -0.826. The van der Waals surface area contributed by atoms with Gasteiger partial charge in [0.1, 0.15) is 5.54 Å². The van der Waals surface area contributed by atoms with Crippen molar-refractivity contribution in [1.82, 2.24) is 15.2 Å². The van der Waals surface area contributed by atoms with Crippen LogP contribution in [0.4, 0.5) is 0 Å². The number of hydrogen-bond acceptors (Lipinski definition) is 3. The van der Waals surface area contributed by atoms with E-state index in [9.17, 15) is 9.90 Å². The van der Waals surface area contributed by atoms with Gasteiger partial charge in [-0.1, -0.05) is 0 Å². The van der Waals surface area contributed by atoms with Crippen molar-refractivity contribution in [3.05, 3.63) is 24.0 Å². The number of aromatic nitrogens is 1. The van der Waals surface area contributed by atoms with Crippen LogP contribution in [0, 0.1) is 0 Å². The summed E-state index contributed by atoms with van der Waals surface area (Å²) in [7, 11) is 0. The molecule has 1 aliphatic rings. The van der Waals surface area contributed by atoms with Crippen LogP contribution in [0.25, 0.3) is 0 Å². The monoisotopic (exact) mass is 237 g/mol. The number of H-pyrrole nitrogens is 1. The van der Waals surface area contributed by atoms with E-state index in [0.717, 1.165) is 31.9 Å². The van der Waals surface area contributed by atoms with Gasteiger partial charge in [0.25, 0.3) is 0 Å². The van der Waals surface area contributed by atoms with Crippen LogP contribution in [0.15, 0.2) is 18.3 Å². The Morgan fingerprint density at radius 2 is 2.24 bits per heavy atom. The molecule has 1 unspecified atom stereocenters. The number of carboxylic acids is 1. The number of rotatable bonds is 4. The highest BCUT2D eigenvalue weighted by Gasteiger charge is 2.40. The Morgan fingerprint density at radius 3 is 2.76 bits per heavy atom. The Labute approximate surface area is 101 Å². The smallest absolute Gasteiger partial charge is 0.324 e. The Balaban J connectivity index is 2.16. The number of carbonyl (C=O) groups is 1. The molecule has 0 amide bonds. The van der Waals surface area contributed by atoms with Crippen LogP contribution in [-0.4, -0.2) is 52.7 Å². The molecule has 1 saturated heterocycles. The molecule has 1 aromatic rings. The van der Waals surface area contributed by atoms with Crippen molar-refractivity contribution in [2.24, 2.45) is 0 Å². The van der Waals surface area contributed by atoms with E-state index in [4.69, 9.17) is 0 Å². The second-order valence-electron chi connectivity index (χ2n) is 4.69. The molecule has 2 rings (SSSR count). The average Bonchev–Trinajstić information content (AvgIpc) is 2.82. The van der Waals surface area contributed by atoms with E-state index in [-0.39, 0.29) is 0 Å². The molecule has 17 heavy (non-hydrogen) atoms. The van der Waals surface area contributed by atoms with Crippen LogP contribution in [0.2, 0.25) is 0 Å². The lowest BCUT2D eigenvalue weighted by Crippen LogP contribution is -2.59. The van der Waals surface area contributed by atoms with E-state index in [1.807, 2.05) is 30.2 Å². The second-order valence-corrected chi connectivity index (χ2v) is 4.69. The molecule has 0 spiro atoms. The highest BCUT2D eigenvalue weighted by Crippen LogP contribution is 2.21. The van der Waals surface area contributed by atoms with Crippen LogP contribution in [0.1, 0.15) is 12.6 Å². The van der Waals surface area contributed by atoms with Crippen LogP contribution in [0.5, 0.6) is 0 Å². The topological polar surface area (TPSA) is 68.4 Å². The molecule has 3 N–H and O–H groups in total. The van der Waals surface area contributed by atoms with Crippen LogP contribution in [-0.2, 0) is 11.2 Å². The third kappa shape index (κ3) is 2.50. The normalized spacial score (nSPS) is 21.0. The molecule has 0 aromatic carbocycles. The van der Waals surface area contributed by atoms with Gasteiger partial charge in [-0.05, 0) is 19.1 Å². The number of hydrogen-bond donors (Lipinski definition) is 3. The fourth-order valence-electron chi connectivity index (χ4n) is 2.33.